The fraction of sp³-hybridized carbons (Fsp3) is 0.444. The Balaban J connectivity index is 1.95. The van der Waals surface area contributed by atoms with Crippen molar-refractivity contribution in [2.24, 2.45) is 5.92 Å². The predicted octanol–water partition coefficient (Wildman–Crippen LogP) is 4.57. The SMILES string of the molecule is CCC1CCCN(C(=O)c2c(-c3ccccc3Cl)noc2C)C1. The lowest BCUT2D eigenvalue weighted by Gasteiger charge is -2.32. The second-order valence-corrected chi connectivity index (χ2v) is 6.52. The maximum atomic E-state index is 13.0. The molecule has 0 spiro atoms. The van der Waals surface area contributed by atoms with E-state index in [2.05, 4.69) is 12.1 Å². The average molecular weight is 333 g/mol. The van der Waals surface area contributed by atoms with Crippen LogP contribution in [0, 0.1) is 12.8 Å². The second kappa shape index (κ2) is 6.75. The first-order valence-electron chi connectivity index (χ1n) is 8.12. The van der Waals surface area contributed by atoms with Gasteiger partial charge >= 0.3 is 0 Å². The summed E-state index contributed by atoms with van der Waals surface area (Å²) in [7, 11) is 0. The van der Waals surface area contributed by atoms with Gasteiger partial charge in [0.1, 0.15) is 17.0 Å². The highest BCUT2D eigenvalue weighted by Crippen LogP contribution is 2.32. The molecule has 1 aliphatic rings. The predicted molar refractivity (Wildman–Crippen MR) is 90.6 cm³/mol. The molecule has 1 atom stereocenters. The molecule has 1 unspecified atom stereocenters. The molecule has 1 fully saturated rings. The summed E-state index contributed by atoms with van der Waals surface area (Å²) in [6, 6.07) is 7.40. The summed E-state index contributed by atoms with van der Waals surface area (Å²) >= 11 is 6.27. The van der Waals surface area contributed by atoms with E-state index in [0.29, 0.717) is 28.0 Å². The van der Waals surface area contributed by atoms with E-state index in [1.165, 1.54) is 6.42 Å². The van der Waals surface area contributed by atoms with Gasteiger partial charge in [0.05, 0.1) is 5.02 Å². The van der Waals surface area contributed by atoms with Gasteiger partial charge in [-0.2, -0.15) is 0 Å². The molecule has 122 valence electrons. The highest BCUT2D eigenvalue weighted by Gasteiger charge is 2.29. The summed E-state index contributed by atoms with van der Waals surface area (Å²) in [6.45, 7) is 5.56. The highest BCUT2D eigenvalue weighted by atomic mass is 35.5. The molecule has 0 N–H and O–H groups in total. The molecule has 0 bridgehead atoms. The van der Waals surface area contributed by atoms with Gasteiger partial charge in [-0.1, -0.05) is 48.3 Å². The number of nitrogens with zero attached hydrogens (tertiary/aromatic N) is 2. The summed E-state index contributed by atoms with van der Waals surface area (Å²) in [5.74, 6) is 1.12. The largest absolute Gasteiger partial charge is 0.360 e. The minimum Gasteiger partial charge on any atom is -0.360 e. The number of hydrogen-bond acceptors (Lipinski definition) is 3. The van der Waals surface area contributed by atoms with Crippen molar-refractivity contribution in [1.82, 2.24) is 10.1 Å². The fourth-order valence-electron chi connectivity index (χ4n) is 3.20. The number of carbonyl (C=O) groups is 1. The highest BCUT2D eigenvalue weighted by molar-refractivity contribution is 6.33. The van der Waals surface area contributed by atoms with Crippen LogP contribution in [0.2, 0.25) is 5.02 Å². The van der Waals surface area contributed by atoms with Gasteiger partial charge in [-0.05, 0) is 31.7 Å². The van der Waals surface area contributed by atoms with Crippen LogP contribution in [0.1, 0.15) is 42.3 Å². The number of hydrogen-bond donors (Lipinski definition) is 0. The third-order valence-corrected chi connectivity index (χ3v) is 4.92. The number of aromatic nitrogens is 1. The minimum absolute atomic E-state index is 0.00294. The second-order valence-electron chi connectivity index (χ2n) is 6.11. The minimum atomic E-state index is -0.00294. The zero-order valence-corrected chi connectivity index (χ0v) is 14.3. The first-order valence-corrected chi connectivity index (χ1v) is 8.50. The van der Waals surface area contributed by atoms with Crippen LogP contribution in [0.15, 0.2) is 28.8 Å². The maximum Gasteiger partial charge on any atom is 0.259 e. The maximum absolute atomic E-state index is 13.0. The number of amides is 1. The molecule has 4 nitrogen and oxygen atoms in total. The lowest BCUT2D eigenvalue weighted by atomic mass is 9.94. The van der Waals surface area contributed by atoms with Crippen LogP contribution in [0.25, 0.3) is 11.3 Å². The van der Waals surface area contributed by atoms with E-state index in [0.717, 1.165) is 31.5 Å². The van der Waals surface area contributed by atoms with Crippen molar-refractivity contribution >= 4 is 17.5 Å². The van der Waals surface area contributed by atoms with Crippen LogP contribution in [0.4, 0.5) is 0 Å². The van der Waals surface area contributed by atoms with Crippen LogP contribution in [-0.4, -0.2) is 29.1 Å². The Hall–Kier alpha value is -1.81. The summed E-state index contributed by atoms with van der Waals surface area (Å²) in [4.78, 5) is 15.0. The standard InChI is InChI=1S/C18H21ClN2O2/c1-3-13-7-6-10-21(11-13)18(22)16-12(2)23-20-17(16)14-8-4-5-9-15(14)19/h4-5,8-9,13H,3,6-7,10-11H2,1-2H3. The van der Waals surface area contributed by atoms with E-state index in [1.807, 2.05) is 23.1 Å². The molecule has 0 saturated carbocycles. The summed E-state index contributed by atoms with van der Waals surface area (Å²) in [6.07, 6.45) is 3.35. The van der Waals surface area contributed by atoms with Crippen molar-refractivity contribution in [1.29, 1.82) is 0 Å². The van der Waals surface area contributed by atoms with Crippen molar-refractivity contribution < 1.29 is 9.32 Å². The van der Waals surface area contributed by atoms with Crippen molar-refractivity contribution in [2.45, 2.75) is 33.1 Å². The smallest absolute Gasteiger partial charge is 0.259 e. The van der Waals surface area contributed by atoms with E-state index in [1.54, 1.807) is 13.0 Å². The zero-order valence-electron chi connectivity index (χ0n) is 13.5. The Bertz CT molecular complexity index is 711. The molecule has 0 radical (unpaired) electrons. The Morgan fingerprint density at radius 3 is 2.96 bits per heavy atom. The van der Waals surface area contributed by atoms with Gasteiger partial charge in [-0.3, -0.25) is 4.79 Å². The van der Waals surface area contributed by atoms with E-state index >= 15 is 0 Å². The van der Waals surface area contributed by atoms with Crippen LogP contribution in [-0.2, 0) is 0 Å². The molecule has 5 heteroatoms. The van der Waals surface area contributed by atoms with Gasteiger partial charge in [0.15, 0.2) is 0 Å². The topological polar surface area (TPSA) is 46.3 Å². The zero-order chi connectivity index (χ0) is 16.4. The number of aryl methyl sites for hydroxylation is 1. The molecule has 3 rings (SSSR count). The average Bonchev–Trinajstić information content (AvgIpc) is 2.96. The summed E-state index contributed by atoms with van der Waals surface area (Å²) in [5.41, 5.74) is 1.81. The lowest BCUT2D eigenvalue weighted by Crippen LogP contribution is -2.40. The van der Waals surface area contributed by atoms with Gasteiger partial charge in [0.2, 0.25) is 0 Å². The molecule has 23 heavy (non-hydrogen) atoms. The first kappa shape index (κ1) is 16.1. The van der Waals surface area contributed by atoms with E-state index in [4.69, 9.17) is 16.1 Å². The molecule has 0 aliphatic carbocycles. The van der Waals surface area contributed by atoms with Crippen molar-refractivity contribution in [3.05, 3.63) is 40.6 Å². The van der Waals surface area contributed by atoms with Crippen LogP contribution >= 0.6 is 11.6 Å². The van der Waals surface area contributed by atoms with Gasteiger partial charge < -0.3 is 9.42 Å². The van der Waals surface area contributed by atoms with Crippen LogP contribution in [0.3, 0.4) is 0 Å². The first-order chi connectivity index (χ1) is 11.1. The number of carbonyl (C=O) groups excluding carboxylic acids is 1. The molecule has 2 aromatic rings. The molecule has 1 aliphatic heterocycles. The summed E-state index contributed by atoms with van der Waals surface area (Å²) < 4.78 is 5.31. The number of halogens is 1. The number of likely N-dealkylation sites (tertiary alicyclic amines) is 1. The van der Waals surface area contributed by atoms with E-state index in [-0.39, 0.29) is 5.91 Å². The van der Waals surface area contributed by atoms with E-state index in [9.17, 15) is 4.79 Å². The van der Waals surface area contributed by atoms with Crippen molar-refractivity contribution in [2.75, 3.05) is 13.1 Å². The van der Waals surface area contributed by atoms with E-state index < -0.39 is 0 Å². The van der Waals surface area contributed by atoms with Crippen molar-refractivity contribution in [3.63, 3.8) is 0 Å². The Kier molecular flexibility index (Phi) is 4.71. The molecule has 1 saturated heterocycles. The Morgan fingerprint density at radius 1 is 1.43 bits per heavy atom. The number of rotatable bonds is 3. The number of piperidine rings is 1. The Labute approximate surface area is 141 Å². The molecular weight excluding hydrogens is 312 g/mol. The van der Waals surface area contributed by atoms with Gasteiger partial charge in [0, 0.05) is 18.7 Å². The van der Waals surface area contributed by atoms with Gasteiger partial charge in [-0.25, -0.2) is 0 Å². The van der Waals surface area contributed by atoms with Crippen LogP contribution in [0.5, 0.6) is 0 Å². The quantitative estimate of drug-likeness (QED) is 0.827. The van der Waals surface area contributed by atoms with Crippen molar-refractivity contribution in [3.8, 4) is 11.3 Å². The summed E-state index contributed by atoms with van der Waals surface area (Å²) in [5, 5.41) is 4.66. The Morgan fingerprint density at radius 2 is 2.22 bits per heavy atom. The lowest BCUT2D eigenvalue weighted by molar-refractivity contribution is 0.0670. The fourth-order valence-corrected chi connectivity index (χ4v) is 3.43. The molecule has 2 heterocycles. The molecule has 1 amide bonds. The molecule has 1 aromatic carbocycles. The monoisotopic (exact) mass is 332 g/mol. The van der Waals surface area contributed by atoms with Gasteiger partial charge in [0.25, 0.3) is 5.91 Å². The molecular formula is C18H21ClN2O2. The normalized spacial score (nSPS) is 18.2. The van der Waals surface area contributed by atoms with Gasteiger partial charge in [-0.15, -0.1) is 0 Å². The molecule has 1 aromatic heterocycles. The number of benzene rings is 1. The third kappa shape index (κ3) is 3.13. The van der Waals surface area contributed by atoms with Crippen LogP contribution < -0.4 is 0 Å². The third-order valence-electron chi connectivity index (χ3n) is 4.59.